The number of rotatable bonds is 9. The summed E-state index contributed by atoms with van der Waals surface area (Å²) in [5.74, 6) is 0.727. The van der Waals surface area contributed by atoms with Gasteiger partial charge in [-0.2, -0.15) is 0 Å². The predicted molar refractivity (Wildman–Crippen MR) is 133 cm³/mol. The summed E-state index contributed by atoms with van der Waals surface area (Å²) < 4.78 is 28.6. The van der Waals surface area contributed by atoms with Crippen LogP contribution in [-0.4, -0.2) is 40.3 Å². The molecule has 0 amide bonds. The average Bonchev–Trinajstić information content (AvgIpc) is 2.69. The molecule has 30 heavy (non-hydrogen) atoms. The van der Waals surface area contributed by atoms with Crippen molar-refractivity contribution in [3.8, 4) is 0 Å². The first-order valence-electron chi connectivity index (χ1n) is 9.71. The van der Waals surface area contributed by atoms with Crippen molar-refractivity contribution >= 4 is 39.8 Å². The number of hydrogen-bond donors (Lipinski definition) is 2. The fourth-order valence-corrected chi connectivity index (χ4v) is 3.28. The summed E-state index contributed by atoms with van der Waals surface area (Å²) in [4.78, 5) is 4.58. The Morgan fingerprint density at radius 3 is 2.07 bits per heavy atom. The van der Waals surface area contributed by atoms with E-state index >= 15 is 0 Å². The minimum Gasteiger partial charge on any atom is -0.374 e. The molecule has 0 saturated heterocycles. The van der Waals surface area contributed by atoms with Crippen LogP contribution in [0.15, 0.2) is 58.4 Å². The number of nitrogens with one attached hydrogen (secondary N) is 2. The zero-order chi connectivity index (χ0) is 21.3. The maximum absolute atomic E-state index is 11.5. The van der Waals surface area contributed by atoms with Crippen LogP contribution in [0, 0.1) is 0 Å². The summed E-state index contributed by atoms with van der Waals surface area (Å²) in [6.07, 6.45) is 2.21. The molecule has 0 fully saturated rings. The lowest BCUT2D eigenvalue weighted by atomic mass is 10.1. The fourth-order valence-electron chi connectivity index (χ4n) is 2.65. The molecule has 0 aromatic heterocycles. The normalized spacial score (nSPS) is 11.8. The summed E-state index contributed by atoms with van der Waals surface area (Å²) >= 11 is 0. The maximum Gasteiger partial charge on any atom is 0.191 e. The Hall–Kier alpha value is -1.65. The first-order chi connectivity index (χ1) is 13.8. The third kappa shape index (κ3) is 9.44. The molecule has 6 nitrogen and oxygen atoms in total. The van der Waals surface area contributed by atoms with Crippen LogP contribution in [0.4, 0.5) is 0 Å². The van der Waals surface area contributed by atoms with Gasteiger partial charge in [0.1, 0.15) is 0 Å². The Labute approximate surface area is 197 Å². The highest BCUT2D eigenvalue weighted by Gasteiger charge is 2.06. The van der Waals surface area contributed by atoms with Gasteiger partial charge in [0.25, 0.3) is 0 Å². The average molecular weight is 545 g/mol. The van der Waals surface area contributed by atoms with Crippen LogP contribution >= 0.6 is 24.0 Å². The first-order valence-corrected chi connectivity index (χ1v) is 11.6. The number of ether oxygens (including phenoxy) is 1. The van der Waals surface area contributed by atoms with E-state index in [-0.39, 0.29) is 30.1 Å². The van der Waals surface area contributed by atoms with Gasteiger partial charge in [-0.25, -0.2) is 8.42 Å². The molecule has 8 heteroatoms. The van der Waals surface area contributed by atoms with Gasteiger partial charge in [0.05, 0.1) is 17.6 Å². The van der Waals surface area contributed by atoms with E-state index in [1.807, 2.05) is 26.0 Å². The zero-order valence-corrected chi connectivity index (χ0v) is 21.2. The van der Waals surface area contributed by atoms with Gasteiger partial charge in [-0.15, -0.1) is 24.0 Å². The van der Waals surface area contributed by atoms with Crippen molar-refractivity contribution in [1.82, 2.24) is 10.6 Å². The number of guanidine groups is 1. The third-order valence-corrected chi connectivity index (χ3v) is 5.48. The third-order valence-electron chi connectivity index (χ3n) is 4.35. The van der Waals surface area contributed by atoms with Gasteiger partial charge < -0.3 is 15.4 Å². The van der Waals surface area contributed by atoms with Gasteiger partial charge in [-0.05, 0) is 49.1 Å². The molecule has 0 bridgehead atoms. The van der Waals surface area contributed by atoms with Crippen molar-refractivity contribution < 1.29 is 13.2 Å². The van der Waals surface area contributed by atoms with Gasteiger partial charge in [-0.1, -0.05) is 36.4 Å². The fraction of sp³-hybridized carbons (Fsp3) is 0.409. The Morgan fingerprint density at radius 1 is 0.967 bits per heavy atom. The smallest absolute Gasteiger partial charge is 0.191 e. The van der Waals surface area contributed by atoms with E-state index in [0.29, 0.717) is 24.6 Å². The molecule has 0 aliphatic rings. The molecule has 2 N–H and O–H groups in total. The molecule has 0 unspecified atom stereocenters. The number of hydrogen-bond acceptors (Lipinski definition) is 4. The van der Waals surface area contributed by atoms with E-state index < -0.39 is 9.84 Å². The standard InChI is InChI=1S/C22H31N3O3S.HI/c1-17(2)28-16-20-7-5-19(6-8-20)15-25-22(23-3)24-14-13-18-9-11-21(12-10-18)29(4,26)27;/h5-12,17H,13-16H2,1-4H3,(H2,23,24,25);1H. The predicted octanol–water partition coefficient (Wildman–Crippen LogP) is 3.54. The lowest BCUT2D eigenvalue weighted by Gasteiger charge is -2.13. The lowest BCUT2D eigenvalue weighted by Crippen LogP contribution is -2.37. The molecular formula is C22H32IN3O3S. The summed E-state index contributed by atoms with van der Waals surface area (Å²) in [7, 11) is -1.41. The maximum atomic E-state index is 11.5. The van der Waals surface area contributed by atoms with Crippen molar-refractivity contribution in [2.24, 2.45) is 4.99 Å². The minimum absolute atomic E-state index is 0. The van der Waals surface area contributed by atoms with E-state index in [2.05, 4.69) is 39.9 Å². The monoisotopic (exact) mass is 545 g/mol. The second-order valence-electron chi connectivity index (χ2n) is 7.19. The quantitative estimate of drug-likeness (QED) is 0.286. The van der Waals surface area contributed by atoms with Crippen LogP contribution < -0.4 is 10.6 Å². The van der Waals surface area contributed by atoms with E-state index in [1.165, 1.54) is 6.26 Å². The van der Waals surface area contributed by atoms with Crippen molar-refractivity contribution in [3.63, 3.8) is 0 Å². The molecule has 0 atom stereocenters. The van der Waals surface area contributed by atoms with Crippen molar-refractivity contribution in [2.75, 3.05) is 19.8 Å². The van der Waals surface area contributed by atoms with Crippen LogP contribution in [0.1, 0.15) is 30.5 Å². The number of nitrogens with zero attached hydrogens (tertiary/aromatic N) is 1. The van der Waals surface area contributed by atoms with E-state index in [1.54, 1.807) is 19.2 Å². The second kappa shape index (κ2) is 12.9. The Balaban J connectivity index is 0.00000450. The highest BCUT2D eigenvalue weighted by atomic mass is 127. The van der Waals surface area contributed by atoms with Crippen LogP contribution in [0.2, 0.25) is 0 Å². The second-order valence-corrected chi connectivity index (χ2v) is 9.21. The molecule has 166 valence electrons. The molecule has 2 rings (SSSR count). The first kappa shape index (κ1) is 26.4. The largest absolute Gasteiger partial charge is 0.374 e. The van der Waals surface area contributed by atoms with Crippen molar-refractivity contribution in [2.45, 2.75) is 44.4 Å². The summed E-state index contributed by atoms with van der Waals surface area (Å²) in [5, 5.41) is 6.58. The Morgan fingerprint density at radius 2 is 1.53 bits per heavy atom. The molecule has 0 radical (unpaired) electrons. The molecule has 0 heterocycles. The molecule has 0 saturated carbocycles. The number of sulfone groups is 1. The van der Waals surface area contributed by atoms with Crippen LogP contribution in [0.25, 0.3) is 0 Å². The van der Waals surface area contributed by atoms with Crippen molar-refractivity contribution in [3.05, 3.63) is 65.2 Å². The van der Waals surface area contributed by atoms with Gasteiger partial charge in [-0.3, -0.25) is 4.99 Å². The van der Waals surface area contributed by atoms with Gasteiger partial charge in [0, 0.05) is 26.4 Å². The zero-order valence-electron chi connectivity index (χ0n) is 18.0. The molecule has 0 aliphatic carbocycles. The number of aliphatic imine (C=N–C) groups is 1. The highest BCUT2D eigenvalue weighted by Crippen LogP contribution is 2.10. The Kier molecular flexibility index (Phi) is 11.4. The molecule has 0 spiro atoms. The molecular weight excluding hydrogens is 513 g/mol. The van der Waals surface area contributed by atoms with Gasteiger partial charge in [0.2, 0.25) is 0 Å². The molecule has 0 aliphatic heterocycles. The van der Waals surface area contributed by atoms with Gasteiger partial charge in [0.15, 0.2) is 15.8 Å². The summed E-state index contributed by atoms with van der Waals surface area (Å²) in [6, 6.07) is 15.3. The van der Waals surface area contributed by atoms with E-state index in [4.69, 9.17) is 4.74 Å². The minimum atomic E-state index is -3.15. The molecule has 2 aromatic carbocycles. The van der Waals surface area contributed by atoms with Crippen LogP contribution in [0.5, 0.6) is 0 Å². The topological polar surface area (TPSA) is 79.8 Å². The summed E-state index contributed by atoms with van der Waals surface area (Å²) in [6.45, 7) is 6.06. The molecule has 2 aromatic rings. The lowest BCUT2D eigenvalue weighted by molar-refractivity contribution is 0.0657. The van der Waals surface area contributed by atoms with Crippen molar-refractivity contribution in [1.29, 1.82) is 0 Å². The number of benzene rings is 2. The van der Waals surface area contributed by atoms with Gasteiger partial charge >= 0.3 is 0 Å². The number of halogens is 1. The van der Waals surface area contributed by atoms with E-state index in [9.17, 15) is 8.42 Å². The van der Waals surface area contributed by atoms with Crippen LogP contribution in [-0.2, 0) is 34.1 Å². The van der Waals surface area contributed by atoms with Crippen LogP contribution in [0.3, 0.4) is 0 Å². The highest BCUT2D eigenvalue weighted by molar-refractivity contribution is 14.0. The summed E-state index contributed by atoms with van der Waals surface area (Å²) in [5.41, 5.74) is 3.39. The Bertz CT molecular complexity index is 896. The van der Waals surface area contributed by atoms with E-state index in [0.717, 1.165) is 29.1 Å². The SMILES string of the molecule is CN=C(NCCc1ccc(S(C)(=O)=O)cc1)NCc1ccc(COC(C)C)cc1.I.